The second kappa shape index (κ2) is 8.62. The second-order valence-electron chi connectivity index (χ2n) is 6.28. The number of para-hydroxylation sites is 1. The molecule has 0 atom stereocenters. The van der Waals surface area contributed by atoms with Crippen molar-refractivity contribution in [3.63, 3.8) is 0 Å². The molecule has 0 amide bonds. The van der Waals surface area contributed by atoms with Gasteiger partial charge in [-0.2, -0.15) is 5.10 Å². The van der Waals surface area contributed by atoms with Crippen molar-refractivity contribution in [2.75, 3.05) is 0 Å². The van der Waals surface area contributed by atoms with Crippen molar-refractivity contribution in [2.45, 2.75) is 0 Å². The molecule has 0 saturated heterocycles. The summed E-state index contributed by atoms with van der Waals surface area (Å²) >= 11 is 1.37. The first-order valence-electron chi connectivity index (χ1n) is 8.95. The second-order valence-corrected chi connectivity index (χ2v) is 7.11. The first-order valence-corrected chi connectivity index (χ1v) is 9.83. The van der Waals surface area contributed by atoms with Crippen LogP contribution in [0.1, 0.15) is 5.56 Å². The van der Waals surface area contributed by atoms with Gasteiger partial charge in [-0.1, -0.05) is 42.5 Å². The third-order valence-electron chi connectivity index (χ3n) is 4.30. The van der Waals surface area contributed by atoms with Gasteiger partial charge >= 0.3 is 0 Å². The van der Waals surface area contributed by atoms with E-state index >= 15 is 0 Å². The molecule has 0 radical (unpaired) electrons. The van der Waals surface area contributed by atoms with Crippen molar-refractivity contribution >= 4 is 23.2 Å². The number of non-ortho nitro benzene ring substituents is 1. The predicted octanol–water partition coefficient (Wildman–Crippen LogP) is 5.19. The summed E-state index contributed by atoms with van der Waals surface area (Å²) in [7, 11) is 0. The highest BCUT2D eigenvalue weighted by Crippen LogP contribution is 2.26. The minimum absolute atomic E-state index is 0.0196. The van der Waals surface area contributed by atoms with Gasteiger partial charge < -0.3 is 0 Å². The number of aromatic nitrogens is 1. The Morgan fingerprint density at radius 3 is 2.50 bits per heavy atom. The highest BCUT2D eigenvalue weighted by atomic mass is 32.1. The number of nitro groups is 1. The molecule has 0 saturated carbocycles. The number of thiazole rings is 1. The maximum Gasteiger partial charge on any atom is 0.270 e. The molecule has 0 bridgehead atoms. The normalized spacial score (nSPS) is 11.8. The molecular weight excluding hydrogens is 403 g/mol. The average molecular weight is 418 g/mol. The fraction of sp³-hybridized carbons (Fsp3) is 0. The monoisotopic (exact) mass is 418 g/mol. The Balaban J connectivity index is 1.81. The first kappa shape index (κ1) is 19.4. The number of hydrogen-bond acceptors (Lipinski definition) is 5. The van der Waals surface area contributed by atoms with Gasteiger partial charge in [0.05, 0.1) is 16.8 Å². The molecule has 0 spiro atoms. The minimum Gasteiger partial charge on any atom is -0.284 e. The Labute approximate surface area is 175 Å². The zero-order valence-electron chi connectivity index (χ0n) is 15.6. The molecule has 0 aliphatic carbocycles. The molecule has 1 aromatic heterocycles. The van der Waals surface area contributed by atoms with Crippen LogP contribution in [0.25, 0.3) is 16.9 Å². The van der Waals surface area contributed by atoms with Gasteiger partial charge in [0, 0.05) is 28.8 Å². The quantitative estimate of drug-likeness (QED) is 0.254. The first-order chi connectivity index (χ1) is 14.6. The Hall–Kier alpha value is -3.91. The lowest BCUT2D eigenvalue weighted by molar-refractivity contribution is -0.384. The van der Waals surface area contributed by atoms with E-state index in [2.05, 4.69) is 10.2 Å². The summed E-state index contributed by atoms with van der Waals surface area (Å²) in [6.45, 7) is 0. The van der Waals surface area contributed by atoms with E-state index in [1.54, 1.807) is 24.4 Å². The van der Waals surface area contributed by atoms with Crippen molar-refractivity contribution < 1.29 is 9.31 Å². The van der Waals surface area contributed by atoms with Crippen LogP contribution < -0.4 is 4.80 Å². The van der Waals surface area contributed by atoms with Gasteiger partial charge in [-0.25, -0.2) is 4.39 Å². The molecule has 0 unspecified atom stereocenters. The summed E-state index contributed by atoms with van der Waals surface area (Å²) in [4.78, 5) is 11.4. The van der Waals surface area contributed by atoms with Gasteiger partial charge in [-0.05, 0) is 29.8 Å². The number of halogens is 1. The van der Waals surface area contributed by atoms with E-state index in [4.69, 9.17) is 0 Å². The number of rotatable bonds is 5. The van der Waals surface area contributed by atoms with Gasteiger partial charge in [-0.15, -0.1) is 16.4 Å². The van der Waals surface area contributed by atoms with Crippen molar-refractivity contribution in [3.05, 3.63) is 111 Å². The molecule has 4 rings (SSSR count). The van der Waals surface area contributed by atoms with E-state index in [-0.39, 0.29) is 11.5 Å². The Kier molecular flexibility index (Phi) is 5.58. The molecular formula is C22H15FN4O2S. The van der Waals surface area contributed by atoms with Crippen molar-refractivity contribution in [2.24, 2.45) is 10.2 Å². The van der Waals surface area contributed by atoms with E-state index < -0.39 is 4.92 Å². The highest BCUT2D eigenvalue weighted by molar-refractivity contribution is 7.07. The number of nitro benzene ring substituents is 1. The fourth-order valence-corrected chi connectivity index (χ4v) is 3.74. The van der Waals surface area contributed by atoms with Crippen LogP contribution in [0.15, 0.2) is 94.4 Å². The van der Waals surface area contributed by atoms with Crippen LogP contribution in [0, 0.1) is 15.9 Å². The number of nitrogens with zero attached hydrogens (tertiary/aromatic N) is 4. The summed E-state index contributed by atoms with van der Waals surface area (Å²) in [5, 5.41) is 21.5. The van der Waals surface area contributed by atoms with E-state index in [0.29, 0.717) is 10.4 Å². The molecule has 6 nitrogen and oxygen atoms in total. The largest absolute Gasteiger partial charge is 0.284 e. The van der Waals surface area contributed by atoms with E-state index in [0.717, 1.165) is 16.9 Å². The third kappa shape index (κ3) is 4.23. The third-order valence-corrected chi connectivity index (χ3v) is 5.11. The zero-order valence-corrected chi connectivity index (χ0v) is 16.4. The molecule has 3 aromatic carbocycles. The Morgan fingerprint density at radius 2 is 1.77 bits per heavy atom. The van der Waals surface area contributed by atoms with E-state index in [1.807, 2.05) is 46.3 Å². The Morgan fingerprint density at radius 1 is 1.00 bits per heavy atom. The molecule has 148 valence electrons. The lowest BCUT2D eigenvalue weighted by atomic mass is 10.1. The van der Waals surface area contributed by atoms with Crippen LogP contribution in [0.4, 0.5) is 10.1 Å². The standard InChI is InChI=1S/C22H15FN4O2S/c23-18-11-9-16(10-12-18)14-24-25-22-26(19-6-2-1-3-7-19)21(15-30-22)17-5-4-8-20(13-17)27(28)29/h1-15H/b24-14-,25-22+. The van der Waals surface area contributed by atoms with Gasteiger partial charge in [-0.3, -0.25) is 14.7 Å². The summed E-state index contributed by atoms with van der Waals surface area (Å²) < 4.78 is 14.9. The lowest BCUT2D eigenvalue weighted by Gasteiger charge is -2.08. The maximum atomic E-state index is 13.0. The summed E-state index contributed by atoms with van der Waals surface area (Å²) in [5.41, 5.74) is 3.07. The molecule has 8 heteroatoms. The van der Waals surface area contributed by atoms with Crippen molar-refractivity contribution in [1.82, 2.24) is 4.57 Å². The predicted molar refractivity (Wildman–Crippen MR) is 115 cm³/mol. The molecule has 0 aliphatic rings. The molecule has 1 heterocycles. The number of hydrogen-bond donors (Lipinski definition) is 0. The zero-order chi connectivity index (χ0) is 20.9. The van der Waals surface area contributed by atoms with Crippen LogP contribution in [-0.2, 0) is 0 Å². The van der Waals surface area contributed by atoms with Gasteiger partial charge in [0.15, 0.2) is 0 Å². The van der Waals surface area contributed by atoms with Gasteiger partial charge in [0.2, 0.25) is 4.80 Å². The topological polar surface area (TPSA) is 72.8 Å². The molecule has 0 fully saturated rings. The van der Waals surface area contributed by atoms with E-state index in [1.165, 1.54) is 35.6 Å². The average Bonchev–Trinajstić information content (AvgIpc) is 3.20. The minimum atomic E-state index is -0.416. The number of benzene rings is 3. The Bertz CT molecular complexity index is 1280. The van der Waals surface area contributed by atoms with E-state index in [9.17, 15) is 14.5 Å². The summed E-state index contributed by atoms with van der Waals surface area (Å²) in [5.74, 6) is -0.314. The van der Waals surface area contributed by atoms with Crippen LogP contribution >= 0.6 is 11.3 Å². The van der Waals surface area contributed by atoms with Gasteiger partial charge in [0.25, 0.3) is 5.69 Å². The summed E-state index contributed by atoms with van der Waals surface area (Å²) in [6.07, 6.45) is 1.54. The molecule has 4 aromatic rings. The van der Waals surface area contributed by atoms with Crippen LogP contribution in [0.5, 0.6) is 0 Å². The molecule has 0 N–H and O–H groups in total. The lowest BCUT2D eigenvalue weighted by Crippen LogP contribution is -2.13. The van der Waals surface area contributed by atoms with Crippen LogP contribution in [0.2, 0.25) is 0 Å². The maximum absolute atomic E-state index is 13.0. The van der Waals surface area contributed by atoms with Crippen molar-refractivity contribution in [1.29, 1.82) is 0 Å². The van der Waals surface area contributed by atoms with Crippen molar-refractivity contribution in [3.8, 4) is 16.9 Å². The molecule has 30 heavy (non-hydrogen) atoms. The fourth-order valence-electron chi connectivity index (χ4n) is 2.88. The molecule has 0 aliphatic heterocycles. The highest BCUT2D eigenvalue weighted by Gasteiger charge is 2.13. The SMILES string of the molecule is O=[N+]([O-])c1cccc(-c2cs/c(=N/N=C\c3ccc(F)cc3)n2-c2ccccc2)c1. The van der Waals surface area contributed by atoms with Crippen LogP contribution in [0.3, 0.4) is 0 Å². The smallest absolute Gasteiger partial charge is 0.270 e. The summed E-state index contributed by atoms with van der Waals surface area (Å²) in [6, 6.07) is 22.0. The van der Waals surface area contributed by atoms with Crippen LogP contribution in [-0.4, -0.2) is 15.7 Å². The van der Waals surface area contributed by atoms with Gasteiger partial charge in [0.1, 0.15) is 5.82 Å².